The normalized spacial score (nSPS) is 10.4. The zero-order valence-corrected chi connectivity index (χ0v) is 11.4. The first-order valence-corrected chi connectivity index (χ1v) is 6.42. The summed E-state index contributed by atoms with van der Waals surface area (Å²) >= 11 is 5.68. The number of alkyl halides is 1. The van der Waals surface area contributed by atoms with E-state index in [2.05, 4.69) is 37.0 Å². The number of ether oxygens (including phenoxy) is 1. The van der Waals surface area contributed by atoms with Crippen molar-refractivity contribution in [3.63, 3.8) is 0 Å². The van der Waals surface area contributed by atoms with E-state index in [9.17, 15) is 0 Å². The number of halogens is 1. The highest BCUT2D eigenvalue weighted by molar-refractivity contribution is 6.16. The van der Waals surface area contributed by atoms with E-state index in [1.807, 2.05) is 12.1 Å². The molecule has 0 bridgehead atoms. The van der Waals surface area contributed by atoms with Crippen LogP contribution in [0.2, 0.25) is 0 Å². The van der Waals surface area contributed by atoms with Gasteiger partial charge >= 0.3 is 0 Å². The molecule has 1 aromatic heterocycles. The van der Waals surface area contributed by atoms with Gasteiger partial charge in [0.05, 0.1) is 17.8 Å². The standard InChI is InChI=1S/C15H16ClNO/c1-11-3-4-13(7-12(11)2)10-18-15-6-5-14(8-16)17-9-15/h3-7,9H,8,10H2,1-2H3. The van der Waals surface area contributed by atoms with Crippen molar-refractivity contribution in [1.29, 1.82) is 0 Å². The van der Waals surface area contributed by atoms with Crippen molar-refractivity contribution in [3.8, 4) is 5.75 Å². The van der Waals surface area contributed by atoms with E-state index in [4.69, 9.17) is 16.3 Å². The molecule has 0 aliphatic heterocycles. The monoisotopic (exact) mass is 261 g/mol. The maximum atomic E-state index is 5.68. The highest BCUT2D eigenvalue weighted by Gasteiger charge is 1.99. The van der Waals surface area contributed by atoms with Crippen molar-refractivity contribution >= 4 is 11.6 Å². The maximum absolute atomic E-state index is 5.68. The van der Waals surface area contributed by atoms with E-state index in [1.54, 1.807) is 6.20 Å². The van der Waals surface area contributed by atoms with Gasteiger partial charge in [-0.2, -0.15) is 0 Å². The number of rotatable bonds is 4. The molecule has 1 heterocycles. The Balaban J connectivity index is 1.99. The van der Waals surface area contributed by atoms with Gasteiger partial charge in [0.15, 0.2) is 0 Å². The first kappa shape index (κ1) is 12.9. The quantitative estimate of drug-likeness (QED) is 0.776. The molecule has 1 aromatic carbocycles. The lowest BCUT2D eigenvalue weighted by Crippen LogP contribution is -1.97. The lowest BCUT2D eigenvalue weighted by Gasteiger charge is -2.08. The van der Waals surface area contributed by atoms with Gasteiger partial charge < -0.3 is 4.74 Å². The minimum atomic E-state index is 0.428. The van der Waals surface area contributed by atoms with Crippen LogP contribution in [0.25, 0.3) is 0 Å². The summed E-state index contributed by atoms with van der Waals surface area (Å²) in [6.07, 6.45) is 1.71. The van der Waals surface area contributed by atoms with Crippen molar-refractivity contribution in [2.45, 2.75) is 26.3 Å². The molecule has 2 nitrogen and oxygen atoms in total. The molecule has 94 valence electrons. The average molecular weight is 262 g/mol. The molecule has 0 unspecified atom stereocenters. The average Bonchev–Trinajstić information content (AvgIpc) is 2.41. The molecule has 2 aromatic rings. The number of pyridine rings is 1. The van der Waals surface area contributed by atoms with E-state index in [0.717, 1.165) is 11.4 Å². The number of benzene rings is 1. The molecule has 18 heavy (non-hydrogen) atoms. The van der Waals surface area contributed by atoms with Crippen LogP contribution in [-0.2, 0) is 12.5 Å². The van der Waals surface area contributed by atoms with Gasteiger partial charge in [0.2, 0.25) is 0 Å². The molecular weight excluding hydrogens is 246 g/mol. The van der Waals surface area contributed by atoms with Crippen LogP contribution in [0.1, 0.15) is 22.4 Å². The predicted octanol–water partition coefficient (Wildman–Crippen LogP) is 4.02. The zero-order valence-electron chi connectivity index (χ0n) is 10.6. The topological polar surface area (TPSA) is 22.1 Å². The fraction of sp³-hybridized carbons (Fsp3) is 0.267. The second kappa shape index (κ2) is 5.87. The van der Waals surface area contributed by atoms with Crippen LogP contribution in [0.3, 0.4) is 0 Å². The van der Waals surface area contributed by atoms with Crippen molar-refractivity contribution < 1.29 is 4.74 Å². The Morgan fingerprint density at radius 2 is 1.94 bits per heavy atom. The molecule has 0 radical (unpaired) electrons. The molecule has 0 aliphatic rings. The molecule has 0 N–H and O–H groups in total. The van der Waals surface area contributed by atoms with Crippen molar-refractivity contribution in [3.05, 3.63) is 58.9 Å². The van der Waals surface area contributed by atoms with Crippen LogP contribution in [0.4, 0.5) is 0 Å². The Bertz CT molecular complexity index is 523. The van der Waals surface area contributed by atoms with Gasteiger partial charge in [-0.15, -0.1) is 11.6 Å². The molecule has 0 saturated carbocycles. The van der Waals surface area contributed by atoms with Crippen molar-refractivity contribution in [1.82, 2.24) is 4.98 Å². The summed E-state index contributed by atoms with van der Waals surface area (Å²) in [6, 6.07) is 10.1. The third kappa shape index (κ3) is 3.23. The third-order valence-corrected chi connectivity index (χ3v) is 3.19. The molecule has 0 amide bonds. The minimum Gasteiger partial charge on any atom is -0.487 e. The van der Waals surface area contributed by atoms with Crippen LogP contribution in [0, 0.1) is 13.8 Å². The second-order valence-corrected chi connectivity index (χ2v) is 4.59. The molecule has 2 rings (SSSR count). The molecule has 0 spiro atoms. The van der Waals surface area contributed by atoms with Gasteiger partial charge in [0, 0.05) is 0 Å². The number of aryl methyl sites for hydroxylation is 2. The van der Waals surface area contributed by atoms with Gasteiger partial charge in [0.1, 0.15) is 12.4 Å². The fourth-order valence-corrected chi connectivity index (χ4v) is 1.79. The van der Waals surface area contributed by atoms with E-state index >= 15 is 0 Å². The second-order valence-electron chi connectivity index (χ2n) is 4.33. The van der Waals surface area contributed by atoms with Gasteiger partial charge in [-0.25, -0.2) is 0 Å². The van der Waals surface area contributed by atoms with Crippen LogP contribution in [0.15, 0.2) is 36.5 Å². The Labute approximate surface area is 113 Å². The first-order chi connectivity index (χ1) is 8.69. The number of hydrogen-bond donors (Lipinski definition) is 0. The van der Waals surface area contributed by atoms with Crippen molar-refractivity contribution in [2.75, 3.05) is 0 Å². The summed E-state index contributed by atoms with van der Waals surface area (Å²) in [6.45, 7) is 4.77. The summed E-state index contributed by atoms with van der Waals surface area (Å²) < 4.78 is 5.68. The minimum absolute atomic E-state index is 0.428. The molecule has 3 heteroatoms. The zero-order chi connectivity index (χ0) is 13.0. The first-order valence-electron chi connectivity index (χ1n) is 5.89. The molecule has 0 fully saturated rings. The smallest absolute Gasteiger partial charge is 0.138 e. The van der Waals surface area contributed by atoms with Crippen LogP contribution in [-0.4, -0.2) is 4.98 Å². The largest absolute Gasteiger partial charge is 0.487 e. The van der Waals surface area contributed by atoms with Gasteiger partial charge in [-0.05, 0) is 42.7 Å². The maximum Gasteiger partial charge on any atom is 0.138 e. The van der Waals surface area contributed by atoms with Crippen molar-refractivity contribution in [2.24, 2.45) is 0 Å². The van der Waals surface area contributed by atoms with E-state index < -0.39 is 0 Å². The third-order valence-electron chi connectivity index (χ3n) is 2.91. The van der Waals surface area contributed by atoms with Gasteiger partial charge in [0.25, 0.3) is 0 Å². The van der Waals surface area contributed by atoms with E-state index in [-0.39, 0.29) is 0 Å². The Hall–Kier alpha value is -1.54. The number of aromatic nitrogens is 1. The van der Waals surface area contributed by atoms with Gasteiger partial charge in [-0.1, -0.05) is 18.2 Å². The highest BCUT2D eigenvalue weighted by atomic mass is 35.5. The molecule has 0 saturated heterocycles. The number of hydrogen-bond acceptors (Lipinski definition) is 2. The lowest BCUT2D eigenvalue weighted by atomic mass is 10.1. The molecule has 0 atom stereocenters. The van der Waals surface area contributed by atoms with Crippen LogP contribution < -0.4 is 4.74 Å². The Kier molecular flexibility index (Phi) is 4.21. The highest BCUT2D eigenvalue weighted by Crippen LogP contribution is 2.15. The Morgan fingerprint density at radius 1 is 1.11 bits per heavy atom. The Morgan fingerprint density at radius 3 is 2.56 bits per heavy atom. The summed E-state index contributed by atoms with van der Waals surface area (Å²) in [4.78, 5) is 4.18. The molecular formula is C15H16ClNO. The summed E-state index contributed by atoms with van der Waals surface area (Å²) in [5, 5.41) is 0. The van der Waals surface area contributed by atoms with Crippen LogP contribution in [0.5, 0.6) is 5.75 Å². The van der Waals surface area contributed by atoms with E-state index in [1.165, 1.54) is 16.7 Å². The molecule has 0 aliphatic carbocycles. The van der Waals surface area contributed by atoms with Gasteiger partial charge in [-0.3, -0.25) is 4.98 Å². The van der Waals surface area contributed by atoms with E-state index in [0.29, 0.717) is 12.5 Å². The fourth-order valence-electron chi connectivity index (χ4n) is 1.64. The lowest BCUT2D eigenvalue weighted by molar-refractivity contribution is 0.305. The SMILES string of the molecule is Cc1ccc(COc2ccc(CCl)nc2)cc1C. The summed E-state index contributed by atoms with van der Waals surface area (Å²) in [7, 11) is 0. The predicted molar refractivity (Wildman–Crippen MR) is 74.0 cm³/mol. The summed E-state index contributed by atoms with van der Waals surface area (Å²) in [5.74, 6) is 1.19. The number of nitrogens with zero attached hydrogens (tertiary/aromatic N) is 1. The van der Waals surface area contributed by atoms with Crippen LogP contribution >= 0.6 is 11.6 Å². The summed E-state index contributed by atoms with van der Waals surface area (Å²) in [5.41, 5.74) is 4.60.